The highest BCUT2D eigenvalue weighted by Crippen LogP contribution is 1.85. The molecule has 0 aromatic rings. The summed E-state index contributed by atoms with van der Waals surface area (Å²) in [4.78, 5) is 0. The Morgan fingerprint density at radius 3 is 2.29 bits per heavy atom. The normalized spacial score (nSPS) is 10.3. The molecular weight excluding hydrogens is 172 g/mol. The molecule has 0 aromatic heterocycles. The molecule has 0 saturated heterocycles. The predicted molar refractivity (Wildman–Crippen MR) is 38.6 cm³/mol. The van der Waals surface area contributed by atoms with E-state index >= 15 is 0 Å². The van der Waals surface area contributed by atoms with Gasteiger partial charge in [0.05, 0.1) is 0 Å². The van der Waals surface area contributed by atoms with Gasteiger partial charge in [-0.2, -0.15) is 0 Å². The molecule has 0 aromatic carbocycles. The van der Waals surface area contributed by atoms with Gasteiger partial charge in [-0.3, -0.25) is 0 Å². The van der Waals surface area contributed by atoms with Gasteiger partial charge in [-0.25, -0.2) is 0 Å². The third-order valence-electron chi connectivity index (χ3n) is 0.528. The molecule has 0 atom stereocenters. The SMILES string of the molecule is C[SiH](C)OCCBr. The number of alkyl halides is 1. The van der Waals surface area contributed by atoms with E-state index in [-0.39, 0.29) is 0 Å². The van der Waals surface area contributed by atoms with Crippen molar-refractivity contribution in [3.8, 4) is 0 Å². The third kappa shape index (κ3) is 6.66. The van der Waals surface area contributed by atoms with E-state index in [1.807, 2.05) is 0 Å². The number of hydrogen-bond acceptors (Lipinski definition) is 1. The highest BCUT2D eigenvalue weighted by atomic mass is 79.9. The fourth-order valence-corrected chi connectivity index (χ4v) is 1.40. The van der Waals surface area contributed by atoms with E-state index in [1.54, 1.807) is 0 Å². The van der Waals surface area contributed by atoms with Gasteiger partial charge in [-0.15, -0.1) is 0 Å². The first-order valence-electron chi connectivity index (χ1n) is 2.45. The van der Waals surface area contributed by atoms with Gasteiger partial charge in [-0.05, 0) is 13.1 Å². The minimum absolute atomic E-state index is 0.718. The van der Waals surface area contributed by atoms with E-state index in [4.69, 9.17) is 4.43 Å². The van der Waals surface area contributed by atoms with Crippen molar-refractivity contribution in [3.05, 3.63) is 0 Å². The minimum atomic E-state index is -0.718. The van der Waals surface area contributed by atoms with Crippen molar-refractivity contribution in [1.29, 1.82) is 0 Å². The van der Waals surface area contributed by atoms with Crippen LogP contribution in [0, 0.1) is 0 Å². The van der Waals surface area contributed by atoms with Crippen molar-refractivity contribution in [3.63, 3.8) is 0 Å². The van der Waals surface area contributed by atoms with Gasteiger partial charge in [0.2, 0.25) is 0 Å². The summed E-state index contributed by atoms with van der Waals surface area (Å²) in [6.07, 6.45) is 0. The maximum Gasteiger partial charge on any atom is 0.170 e. The first-order chi connectivity index (χ1) is 3.27. The van der Waals surface area contributed by atoms with Crippen LogP contribution in [0.25, 0.3) is 0 Å². The van der Waals surface area contributed by atoms with Gasteiger partial charge >= 0.3 is 0 Å². The van der Waals surface area contributed by atoms with Crippen molar-refractivity contribution in [2.75, 3.05) is 11.9 Å². The van der Waals surface area contributed by atoms with Gasteiger partial charge in [0.1, 0.15) is 0 Å². The van der Waals surface area contributed by atoms with Crippen LogP contribution in [0.3, 0.4) is 0 Å². The van der Waals surface area contributed by atoms with Crippen molar-refractivity contribution in [1.82, 2.24) is 0 Å². The Balaban J connectivity index is 2.68. The highest BCUT2D eigenvalue weighted by Gasteiger charge is 1.90. The Hall–Kier alpha value is 0.657. The Kier molecular flexibility index (Phi) is 5.26. The zero-order chi connectivity index (χ0) is 5.70. The summed E-state index contributed by atoms with van der Waals surface area (Å²) < 4.78 is 5.28. The Bertz CT molecular complexity index is 40.7. The minimum Gasteiger partial charge on any atom is -0.420 e. The lowest BCUT2D eigenvalue weighted by atomic mass is 10.9. The molecule has 0 unspecified atom stereocenters. The molecule has 0 radical (unpaired) electrons. The second-order valence-electron chi connectivity index (χ2n) is 1.61. The summed E-state index contributed by atoms with van der Waals surface area (Å²) in [5.74, 6) is 0. The molecule has 0 aliphatic heterocycles. The van der Waals surface area contributed by atoms with Crippen LogP contribution in [0.4, 0.5) is 0 Å². The first-order valence-corrected chi connectivity index (χ1v) is 6.35. The quantitative estimate of drug-likeness (QED) is 0.474. The monoisotopic (exact) mass is 182 g/mol. The molecule has 0 heterocycles. The molecule has 0 fully saturated rings. The topological polar surface area (TPSA) is 9.23 Å². The number of halogens is 1. The smallest absolute Gasteiger partial charge is 0.170 e. The molecule has 0 aliphatic carbocycles. The van der Waals surface area contributed by atoms with E-state index in [0.29, 0.717) is 0 Å². The van der Waals surface area contributed by atoms with Crippen LogP contribution in [0.1, 0.15) is 0 Å². The Labute approximate surface area is 54.9 Å². The second kappa shape index (κ2) is 4.81. The summed E-state index contributed by atoms with van der Waals surface area (Å²) in [6.45, 7) is 5.22. The summed E-state index contributed by atoms with van der Waals surface area (Å²) >= 11 is 3.28. The van der Waals surface area contributed by atoms with Crippen LogP contribution < -0.4 is 0 Å². The van der Waals surface area contributed by atoms with E-state index in [9.17, 15) is 0 Å². The average Bonchev–Trinajstić information content (AvgIpc) is 1.61. The van der Waals surface area contributed by atoms with Crippen molar-refractivity contribution in [2.45, 2.75) is 13.1 Å². The van der Waals surface area contributed by atoms with Crippen LogP contribution in [0.15, 0.2) is 0 Å². The van der Waals surface area contributed by atoms with Crippen molar-refractivity contribution < 1.29 is 4.43 Å². The summed E-state index contributed by atoms with van der Waals surface area (Å²) in [7, 11) is -0.718. The van der Waals surface area contributed by atoms with Crippen LogP contribution in [0.2, 0.25) is 13.1 Å². The average molecular weight is 183 g/mol. The van der Waals surface area contributed by atoms with Gasteiger partial charge in [0, 0.05) is 11.9 Å². The molecule has 44 valence electrons. The van der Waals surface area contributed by atoms with Gasteiger partial charge < -0.3 is 4.43 Å². The number of rotatable bonds is 3. The molecule has 7 heavy (non-hydrogen) atoms. The molecule has 0 spiro atoms. The molecule has 1 nitrogen and oxygen atoms in total. The standard InChI is InChI=1S/C4H11BrOSi/c1-7(2)6-4-3-5/h7H,3-4H2,1-2H3. The Morgan fingerprint density at radius 2 is 2.14 bits per heavy atom. The first kappa shape index (κ1) is 7.66. The zero-order valence-corrected chi connectivity index (χ0v) is 7.52. The lowest BCUT2D eigenvalue weighted by molar-refractivity contribution is 0.355. The van der Waals surface area contributed by atoms with Crippen LogP contribution in [-0.2, 0) is 4.43 Å². The van der Waals surface area contributed by atoms with Crippen LogP contribution >= 0.6 is 15.9 Å². The molecule has 3 heteroatoms. The lowest BCUT2D eigenvalue weighted by Crippen LogP contribution is -2.08. The van der Waals surface area contributed by atoms with Crippen molar-refractivity contribution in [2.24, 2.45) is 0 Å². The fourth-order valence-electron chi connectivity index (χ4n) is 0.280. The largest absolute Gasteiger partial charge is 0.420 e. The molecule has 0 aliphatic rings. The summed E-state index contributed by atoms with van der Waals surface area (Å²) in [5.41, 5.74) is 0. The van der Waals surface area contributed by atoms with Crippen LogP contribution in [-0.4, -0.2) is 21.0 Å². The zero-order valence-electron chi connectivity index (χ0n) is 4.78. The van der Waals surface area contributed by atoms with Gasteiger partial charge in [-0.1, -0.05) is 15.9 Å². The maximum atomic E-state index is 5.28. The molecule has 0 bridgehead atoms. The van der Waals surface area contributed by atoms with Gasteiger partial charge in [0.15, 0.2) is 9.04 Å². The lowest BCUT2D eigenvalue weighted by Gasteiger charge is -2.01. The number of hydrogen-bond donors (Lipinski definition) is 0. The van der Waals surface area contributed by atoms with E-state index in [1.165, 1.54) is 0 Å². The second-order valence-corrected chi connectivity index (χ2v) is 4.83. The molecule has 0 saturated carbocycles. The molecule has 0 N–H and O–H groups in total. The summed E-state index contributed by atoms with van der Waals surface area (Å²) in [6, 6.07) is 0. The summed E-state index contributed by atoms with van der Waals surface area (Å²) in [5, 5.41) is 0.970. The molecular formula is C4H11BrOSi. The third-order valence-corrected chi connectivity index (χ3v) is 1.75. The van der Waals surface area contributed by atoms with E-state index < -0.39 is 9.04 Å². The van der Waals surface area contributed by atoms with E-state index in [0.717, 1.165) is 11.9 Å². The predicted octanol–water partition coefficient (Wildman–Crippen LogP) is 1.38. The van der Waals surface area contributed by atoms with Gasteiger partial charge in [0.25, 0.3) is 0 Å². The molecule has 0 rings (SSSR count). The maximum absolute atomic E-state index is 5.28. The molecule has 0 amide bonds. The highest BCUT2D eigenvalue weighted by molar-refractivity contribution is 9.09. The van der Waals surface area contributed by atoms with Crippen molar-refractivity contribution >= 4 is 25.0 Å². The fraction of sp³-hybridized carbons (Fsp3) is 1.00. The van der Waals surface area contributed by atoms with Crippen LogP contribution in [0.5, 0.6) is 0 Å². The Morgan fingerprint density at radius 1 is 1.57 bits per heavy atom. The van der Waals surface area contributed by atoms with E-state index in [2.05, 4.69) is 29.0 Å².